The van der Waals surface area contributed by atoms with Crippen LogP contribution in [0.1, 0.15) is 25.3 Å². The summed E-state index contributed by atoms with van der Waals surface area (Å²) in [4.78, 5) is 11.1. The molecule has 0 fully saturated rings. The molecule has 1 N–H and O–H groups in total. The van der Waals surface area contributed by atoms with Gasteiger partial charge in [-0.25, -0.2) is 0 Å². The van der Waals surface area contributed by atoms with Gasteiger partial charge in [-0.05, 0) is 17.5 Å². The van der Waals surface area contributed by atoms with Crippen molar-refractivity contribution < 1.29 is 14.6 Å². The zero-order chi connectivity index (χ0) is 11.7. The Hall–Kier alpha value is -1.51. The third kappa shape index (κ3) is 1.77. The van der Waals surface area contributed by atoms with Crippen LogP contribution >= 0.6 is 0 Å². The van der Waals surface area contributed by atoms with Crippen LogP contribution in [-0.2, 0) is 4.79 Å². The average molecular weight is 220 g/mol. The lowest BCUT2D eigenvalue weighted by Gasteiger charge is -2.33. The minimum absolute atomic E-state index is 0.0439. The summed E-state index contributed by atoms with van der Waals surface area (Å²) in [6.07, 6.45) is 0. The predicted octanol–water partition coefficient (Wildman–Crippen LogP) is 2.52. The molecule has 0 aliphatic carbocycles. The molecule has 0 spiro atoms. The highest BCUT2D eigenvalue weighted by atomic mass is 16.5. The van der Waals surface area contributed by atoms with Crippen molar-refractivity contribution in [2.45, 2.75) is 19.8 Å². The molecule has 1 aromatic rings. The summed E-state index contributed by atoms with van der Waals surface area (Å²) < 4.78 is 5.60. The summed E-state index contributed by atoms with van der Waals surface area (Å²) in [7, 11) is 0. The lowest BCUT2D eigenvalue weighted by Crippen LogP contribution is -2.31. The number of hydrogen-bond acceptors (Lipinski definition) is 2. The van der Waals surface area contributed by atoms with Gasteiger partial charge in [0.05, 0.1) is 12.5 Å². The molecule has 1 aliphatic rings. The zero-order valence-electron chi connectivity index (χ0n) is 9.51. The third-order valence-corrected chi connectivity index (χ3v) is 3.32. The second-order valence-electron chi connectivity index (χ2n) is 4.48. The Kier molecular flexibility index (Phi) is 2.86. The molecule has 1 heterocycles. The fraction of sp³-hybridized carbons (Fsp3) is 0.462. The Morgan fingerprint density at radius 3 is 2.88 bits per heavy atom. The molecule has 2 rings (SSSR count). The summed E-state index contributed by atoms with van der Waals surface area (Å²) in [6, 6.07) is 7.72. The Labute approximate surface area is 95.0 Å². The molecule has 0 radical (unpaired) electrons. The topological polar surface area (TPSA) is 46.5 Å². The van der Waals surface area contributed by atoms with Gasteiger partial charge in [-0.3, -0.25) is 4.79 Å². The number of benzene rings is 1. The fourth-order valence-electron chi connectivity index (χ4n) is 2.43. The molecule has 0 aromatic heterocycles. The molecule has 3 nitrogen and oxygen atoms in total. The van der Waals surface area contributed by atoms with Gasteiger partial charge in [-0.15, -0.1) is 0 Å². The number of hydrogen-bond donors (Lipinski definition) is 1. The largest absolute Gasteiger partial charge is 0.493 e. The van der Waals surface area contributed by atoms with Gasteiger partial charge in [0.1, 0.15) is 5.75 Å². The summed E-state index contributed by atoms with van der Waals surface area (Å²) in [5.74, 6) is -0.00393. The molecule has 1 aromatic carbocycles. The first-order valence-electron chi connectivity index (χ1n) is 5.55. The smallest absolute Gasteiger partial charge is 0.306 e. The van der Waals surface area contributed by atoms with E-state index in [2.05, 4.69) is 0 Å². The minimum atomic E-state index is -0.742. The molecule has 3 heteroatoms. The second kappa shape index (κ2) is 4.16. The Balaban J connectivity index is 2.40. The maximum atomic E-state index is 11.1. The average Bonchev–Trinajstić information content (AvgIpc) is 2.28. The van der Waals surface area contributed by atoms with Crippen molar-refractivity contribution in [3.8, 4) is 5.75 Å². The van der Waals surface area contributed by atoms with E-state index in [4.69, 9.17) is 9.84 Å². The second-order valence-corrected chi connectivity index (χ2v) is 4.48. The molecular weight excluding hydrogens is 204 g/mol. The van der Waals surface area contributed by atoms with Gasteiger partial charge >= 0.3 is 5.97 Å². The van der Waals surface area contributed by atoms with Crippen LogP contribution in [0.3, 0.4) is 0 Å². The maximum absolute atomic E-state index is 11.1. The summed E-state index contributed by atoms with van der Waals surface area (Å²) in [6.45, 7) is 4.41. The summed E-state index contributed by atoms with van der Waals surface area (Å²) in [5, 5.41) is 9.14. The van der Waals surface area contributed by atoms with Crippen LogP contribution in [0, 0.1) is 11.8 Å². The zero-order valence-corrected chi connectivity index (χ0v) is 9.51. The Morgan fingerprint density at radius 1 is 1.50 bits per heavy atom. The number of aliphatic carboxylic acids is 1. The van der Waals surface area contributed by atoms with E-state index in [-0.39, 0.29) is 17.8 Å². The summed E-state index contributed by atoms with van der Waals surface area (Å²) in [5.41, 5.74) is 1.02. The maximum Gasteiger partial charge on any atom is 0.306 e. The molecule has 16 heavy (non-hydrogen) atoms. The number of carbonyl (C=O) groups is 1. The van der Waals surface area contributed by atoms with Crippen LogP contribution in [0.5, 0.6) is 5.75 Å². The minimum Gasteiger partial charge on any atom is -0.493 e. The Bertz CT molecular complexity index is 400. The van der Waals surface area contributed by atoms with Gasteiger partial charge in [0.2, 0.25) is 0 Å². The lowest BCUT2D eigenvalue weighted by atomic mass is 9.77. The van der Waals surface area contributed by atoms with Crippen LogP contribution in [-0.4, -0.2) is 17.7 Å². The van der Waals surface area contributed by atoms with E-state index in [1.54, 1.807) is 6.92 Å². The monoisotopic (exact) mass is 220 g/mol. The molecule has 0 amide bonds. The number of carboxylic acid groups (broad SMARTS) is 1. The molecular formula is C13H16O3. The number of fused-ring (bicyclic) bond motifs is 1. The number of ether oxygens (including phenoxy) is 1. The van der Waals surface area contributed by atoms with Gasteiger partial charge in [-0.1, -0.05) is 32.0 Å². The SMILES string of the molecule is CC1COc2ccccc2C1C(C)C(=O)O. The van der Waals surface area contributed by atoms with Crippen molar-refractivity contribution in [3.05, 3.63) is 29.8 Å². The van der Waals surface area contributed by atoms with E-state index < -0.39 is 5.97 Å². The van der Waals surface area contributed by atoms with Crippen molar-refractivity contribution in [3.63, 3.8) is 0 Å². The fourth-order valence-corrected chi connectivity index (χ4v) is 2.43. The first-order valence-corrected chi connectivity index (χ1v) is 5.55. The number of para-hydroxylation sites is 1. The molecule has 3 unspecified atom stereocenters. The Morgan fingerprint density at radius 2 is 2.19 bits per heavy atom. The van der Waals surface area contributed by atoms with Crippen LogP contribution in [0.4, 0.5) is 0 Å². The van der Waals surface area contributed by atoms with Crippen LogP contribution < -0.4 is 4.74 Å². The van der Waals surface area contributed by atoms with Crippen molar-refractivity contribution in [1.82, 2.24) is 0 Å². The van der Waals surface area contributed by atoms with Crippen molar-refractivity contribution in [1.29, 1.82) is 0 Å². The first-order chi connectivity index (χ1) is 7.61. The normalized spacial score (nSPS) is 25.4. The van der Waals surface area contributed by atoms with Gasteiger partial charge < -0.3 is 9.84 Å². The predicted molar refractivity (Wildman–Crippen MR) is 60.6 cm³/mol. The molecule has 0 bridgehead atoms. The quantitative estimate of drug-likeness (QED) is 0.833. The van der Waals surface area contributed by atoms with Crippen molar-refractivity contribution in [2.75, 3.05) is 6.61 Å². The van der Waals surface area contributed by atoms with E-state index in [0.29, 0.717) is 6.61 Å². The molecule has 3 atom stereocenters. The molecule has 86 valence electrons. The standard InChI is InChI=1S/C13H16O3/c1-8-7-16-11-6-4-3-5-10(11)12(8)9(2)13(14)15/h3-6,8-9,12H,7H2,1-2H3,(H,14,15). The highest BCUT2D eigenvalue weighted by Gasteiger charge is 2.35. The van der Waals surface area contributed by atoms with Gasteiger partial charge in [0.15, 0.2) is 0 Å². The van der Waals surface area contributed by atoms with Gasteiger partial charge in [0.25, 0.3) is 0 Å². The third-order valence-electron chi connectivity index (χ3n) is 3.32. The highest BCUT2D eigenvalue weighted by molar-refractivity contribution is 5.71. The van der Waals surface area contributed by atoms with Crippen LogP contribution in [0.2, 0.25) is 0 Å². The van der Waals surface area contributed by atoms with E-state index in [9.17, 15) is 4.79 Å². The van der Waals surface area contributed by atoms with Gasteiger partial charge in [0, 0.05) is 5.92 Å². The lowest BCUT2D eigenvalue weighted by molar-refractivity contribution is -0.142. The van der Waals surface area contributed by atoms with Crippen LogP contribution in [0.15, 0.2) is 24.3 Å². The highest BCUT2D eigenvalue weighted by Crippen LogP contribution is 2.41. The first kappa shape index (κ1) is 11.0. The van der Waals surface area contributed by atoms with Crippen LogP contribution in [0.25, 0.3) is 0 Å². The number of rotatable bonds is 2. The van der Waals surface area contributed by atoms with E-state index in [1.807, 2.05) is 31.2 Å². The van der Waals surface area contributed by atoms with E-state index in [0.717, 1.165) is 11.3 Å². The summed E-state index contributed by atoms with van der Waals surface area (Å²) >= 11 is 0. The van der Waals surface area contributed by atoms with Gasteiger partial charge in [-0.2, -0.15) is 0 Å². The van der Waals surface area contributed by atoms with Crippen molar-refractivity contribution >= 4 is 5.97 Å². The molecule has 0 saturated carbocycles. The van der Waals surface area contributed by atoms with E-state index >= 15 is 0 Å². The van der Waals surface area contributed by atoms with E-state index in [1.165, 1.54) is 0 Å². The number of carboxylic acids is 1. The molecule has 1 aliphatic heterocycles. The molecule has 0 saturated heterocycles. The van der Waals surface area contributed by atoms with Crippen molar-refractivity contribution in [2.24, 2.45) is 11.8 Å².